The zero-order valence-electron chi connectivity index (χ0n) is 13.1. The SMILES string of the molecule is CNc1nc(=O)n(-c2cccc(C#N)c2)c2cc(Cl)c3ccoc3c12. The summed E-state index contributed by atoms with van der Waals surface area (Å²) in [5.74, 6) is 0.407. The summed E-state index contributed by atoms with van der Waals surface area (Å²) < 4.78 is 7.02. The molecule has 0 aliphatic rings. The van der Waals surface area contributed by atoms with Gasteiger partial charge in [0.2, 0.25) is 0 Å². The van der Waals surface area contributed by atoms with Gasteiger partial charge in [0.15, 0.2) is 0 Å². The molecule has 0 aliphatic heterocycles. The number of furan rings is 1. The van der Waals surface area contributed by atoms with Crippen LogP contribution in [0.4, 0.5) is 5.82 Å². The summed E-state index contributed by atoms with van der Waals surface area (Å²) in [6, 6.07) is 12.3. The Balaban J connectivity index is 2.22. The number of benzene rings is 2. The summed E-state index contributed by atoms with van der Waals surface area (Å²) in [6.45, 7) is 0. The summed E-state index contributed by atoms with van der Waals surface area (Å²) in [5, 5.41) is 13.9. The molecule has 7 heteroatoms. The minimum absolute atomic E-state index is 0.407. The Labute approximate surface area is 146 Å². The van der Waals surface area contributed by atoms with Gasteiger partial charge in [0, 0.05) is 12.4 Å². The van der Waals surface area contributed by atoms with Gasteiger partial charge in [-0.15, -0.1) is 0 Å². The Kier molecular flexibility index (Phi) is 3.45. The molecule has 4 aromatic rings. The Bertz CT molecular complexity index is 1230. The van der Waals surface area contributed by atoms with E-state index in [0.717, 1.165) is 5.39 Å². The van der Waals surface area contributed by atoms with E-state index in [1.807, 2.05) is 0 Å². The second kappa shape index (κ2) is 5.65. The molecule has 2 aromatic heterocycles. The molecule has 2 aromatic carbocycles. The van der Waals surface area contributed by atoms with Crippen LogP contribution in [0.2, 0.25) is 5.02 Å². The van der Waals surface area contributed by atoms with Crippen LogP contribution in [0.5, 0.6) is 0 Å². The molecule has 0 saturated heterocycles. The van der Waals surface area contributed by atoms with Gasteiger partial charge in [-0.3, -0.25) is 4.57 Å². The van der Waals surface area contributed by atoms with E-state index >= 15 is 0 Å². The predicted octanol–water partition coefficient (Wildman–Crippen LogP) is 3.70. The monoisotopic (exact) mass is 350 g/mol. The van der Waals surface area contributed by atoms with Crippen LogP contribution in [0, 0.1) is 11.3 Å². The number of hydrogen-bond donors (Lipinski definition) is 1. The lowest BCUT2D eigenvalue weighted by Gasteiger charge is -2.13. The zero-order chi connectivity index (χ0) is 17.6. The fourth-order valence-electron chi connectivity index (χ4n) is 2.93. The van der Waals surface area contributed by atoms with E-state index in [0.29, 0.717) is 38.6 Å². The van der Waals surface area contributed by atoms with Gasteiger partial charge < -0.3 is 9.73 Å². The highest BCUT2D eigenvalue weighted by atomic mass is 35.5. The standard InChI is InChI=1S/C18H11ClN4O2/c1-21-17-15-14(8-13(19)12-5-6-25-16(12)15)23(18(24)22-17)11-4-2-3-10(7-11)9-20/h2-8H,1H3,(H,21,22,24). The number of aromatic nitrogens is 2. The molecule has 0 fully saturated rings. The van der Waals surface area contributed by atoms with Gasteiger partial charge in [-0.05, 0) is 30.3 Å². The summed E-state index contributed by atoms with van der Waals surface area (Å²) >= 11 is 6.37. The molecule has 4 rings (SSSR count). The average Bonchev–Trinajstić information content (AvgIpc) is 3.11. The van der Waals surface area contributed by atoms with Crippen molar-refractivity contribution in [2.45, 2.75) is 0 Å². The average molecular weight is 351 g/mol. The first-order valence-electron chi connectivity index (χ1n) is 7.45. The van der Waals surface area contributed by atoms with E-state index in [1.54, 1.807) is 49.7 Å². The molecule has 0 saturated carbocycles. The van der Waals surface area contributed by atoms with Crippen molar-refractivity contribution < 1.29 is 4.42 Å². The lowest BCUT2D eigenvalue weighted by Crippen LogP contribution is -2.23. The molecule has 25 heavy (non-hydrogen) atoms. The van der Waals surface area contributed by atoms with Gasteiger partial charge in [-0.25, -0.2) is 4.79 Å². The van der Waals surface area contributed by atoms with E-state index in [-0.39, 0.29) is 0 Å². The number of nitrogens with zero attached hydrogens (tertiary/aromatic N) is 3. The molecule has 0 unspecified atom stereocenters. The first-order chi connectivity index (χ1) is 12.1. The molecule has 6 nitrogen and oxygen atoms in total. The maximum atomic E-state index is 12.7. The van der Waals surface area contributed by atoms with Crippen molar-refractivity contribution in [3.63, 3.8) is 0 Å². The van der Waals surface area contributed by atoms with Gasteiger partial charge in [-0.2, -0.15) is 10.2 Å². The molecule has 0 bridgehead atoms. The van der Waals surface area contributed by atoms with Gasteiger partial charge in [0.05, 0.1) is 39.5 Å². The van der Waals surface area contributed by atoms with Crippen LogP contribution in [0.1, 0.15) is 5.56 Å². The fraction of sp³-hybridized carbons (Fsp3) is 0.0556. The maximum absolute atomic E-state index is 12.7. The number of halogens is 1. The van der Waals surface area contributed by atoms with Crippen LogP contribution in [-0.4, -0.2) is 16.6 Å². The number of hydrogen-bond acceptors (Lipinski definition) is 5. The molecule has 0 aliphatic carbocycles. The van der Waals surface area contributed by atoms with Crippen molar-refractivity contribution in [2.75, 3.05) is 12.4 Å². The lowest BCUT2D eigenvalue weighted by molar-refractivity contribution is 0.619. The second-order valence-electron chi connectivity index (χ2n) is 5.41. The molecular weight excluding hydrogens is 340 g/mol. The zero-order valence-corrected chi connectivity index (χ0v) is 13.8. The van der Waals surface area contributed by atoms with E-state index in [4.69, 9.17) is 21.3 Å². The highest BCUT2D eigenvalue weighted by molar-refractivity contribution is 6.37. The van der Waals surface area contributed by atoms with Crippen LogP contribution in [0.3, 0.4) is 0 Å². The smallest absolute Gasteiger partial charge is 0.354 e. The molecule has 122 valence electrons. The number of nitriles is 1. The Morgan fingerprint density at radius 3 is 2.92 bits per heavy atom. The number of fused-ring (bicyclic) bond motifs is 3. The topological polar surface area (TPSA) is 83.9 Å². The van der Waals surface area contributed by atoms with Crippen LogP contribution < -0.4 is 11.0 Å². The van der Waals surface area contributed by atoms with Crippen molar-refractivity contribution in [2.24, 2.45) is 0 Å². The van der Waals surface area contributed by atoms with Gasteiger partial charge in [0.25, 0.3) is 0 Å². The minimum atomic E-state index is -0.478. The van der Waals surface area contributed by atoms with Crippen LogP contribution >= 0.6 is 11.6 Å². The highest BCUT2D eigenvalue weighted by Gasteiger charge is 2.18. The van der Waals surface area contributed by atoms with Crippen molar-refractivity contribution >= 4 is 39.3 Å². The number of anilines is 1. The summed E-state index contributed by atoms with van der Waals surface area (Å²) in [4.78, 5) is 16.8. The molecular formula is C18H11ClN4O2. The largest absolute Gasteiger partial charge is 0.463 e. The molecule has 0 amide bonds. The van der Waals surface area contributed by atoms with E-state index in [2.05, 4.69) is 16.4 Å². The number of rotatable bonds is 2. The Morgan fingerprint density at radius 1 is 1.32 bits per heavy atom. The fourth-order valence-corrected chi connectivity index (χ4v) is 3.18. The second-order valence-corrected chi connectivity index (χ2v) is 5.81. The van der Waals surface area contributed by atoms with E-state index < -0.39 is 5.69 Å². The third-order valence-electron chi connectivity index (χ3n) is 4.02. The predicted molar refractivity (Wildman–Crippen MR) is 96.4 cm³/mol. The number of nitrogens with one attached hydrogen (secondary N) is 1. The summed E-state index contributed by atoms with van der Waals surface area (Å²) in [7, 11) is 1.69. The van der Waals surface area contributed by atoms with Gasteiger partial charge in [-0.1, -0.05) is 17.7 Å². The maximum Gasteiger partial charge on any atom is 0.354 e. The van der Waals surface area contributed by atoms with Crippen LogP contribution in [-0.2, 0) is 0 Å². The Morgan fingerprint density at radius 2 is 2.16 bits per heavy atom. The van der Waals surface area contributed by atoms with Crippen LogP contribution in [0.25, 0.3) is 27.6 Å². The van der Waals surface area contributed by atoms with Gasteiger partial charge >= 0.3 is 5.69 Å². The van der Waals surface area contributed by atoms with E-state index in [9.17, 15) is 4.79 Å². The summed E-state index contributed by atoms with van der Waals surface area (Å²) in [5.41, 5.74) is 1.59. The first-order valence-corrected chi connectivity index (χ1v) is 7.82. The third kappa shape index (κ3) is 2.25. The first kappa shape index (κ1) is 15.2. The minimum Gasteiger partial charge on any atom is -0.463 e. The Hall–Kier alpha value is -3.30. The summed E-state index contributed by atoms with van der Waals surface area (Å²) in [6.07, 6.45) is 1.54. The van der Waals surface area contributed by atoms with Crippen molar-refractivity contribution in [3.05, 3.63) is 63.7 Å². The normalized spacial score (nSPS) is 10.9. The molecule has 2 heterocycles. The molecule has 0 radical (unpaired) electrons. The van der Waals surface area contributed by atoms with Crippen molar-refractivity contribution in [1.29, 1.82) is 5.26 Å². The lowest BCUT2D eigenvalue weighted by atomic mass is 10.1. The van der Waals surface area contributed by atoms with Gasteiger partial charge in [0.1, 0.15) is 11.4 Å². The highest BCUT2D eigenvalue weighted by Crippen LogP contribution is 2.35. The quantitative estimate of drug-likeness (QED) is 0.596. The van der Waals surface area contributed by atoms with Crippen molar-refractivity contribution in [1.82, 2.24) is 9.55 Å². The molecule has 1 N–H and O–H groups in total. The van der Waals surface area contributed by atoms with Crippen molar-refractivity contribution in [3.8, 4) is 11.8 Å². The van der Waals surface area contributed by atoms with Crippen LogP contribution in [0.15, 0.2) is 51.9 Å². The van der Waals surface area contributed by atoms with E-state index in [1.165, 1.54) is 4.57 Å². The molecule has 0 spiro atoms. The molecule has 0 atom stereocenters. The third-order valence-corrected chi connectivity index (χ3v) is 4.33.